The van der Waals surface area contributed by atoms with Crippen molar-refractivity contribution in [3.05, 3.63) is 18.3 Å². The molecule has 0 aromatic carbocycles. The van der Waals surface area contributed by atoms with Crippen molar-refractivity contribution in [2.24, 2.45) is 0 Å². The molecule has 4 nitrogen and oxygen atoms in total. The van der Waals surface area contributed by atoms with Gasteiger partial charge in [-0.05, 0) is 26.0 Å². The quantitative estimate of drug-likeness (QED) is 0.673. The number of hydrogen-bond donors (Lipinski definition) is 1. The van der Waals surface area contributed by atoms with Crippen molar-refractivity contribution in [2.45, 2.75) is 19.9 Å². The molecular weight excluding hydrogens is 327 g/mol. The second-order valence-electron chi connectivity index (χ2n) is 4.61. The Morgan fingerprint density at radius 3 is 2.41 bits per heavy atom. The molecule has 0 amide bonds. The molecule has 17 heavy (non-hydrogen) atoms. The fourth-order valence-corrected chi connectivity index (χ4v) is 2.44. The summed E-state index contributed by atoms with van der Waals surface area (Å²) in [6.07, 6.45) is 1.95. The summed E-state index contributed by atoms with van der Waals surface area (Å²) < 4.78 is 3.01. The number of piperazine rings is 1. The molecule has 5 heteroatoms. The first-order valence-corrected chi connectivity index (χ1v) is 7.10. The SMILES string of the molecule is CC(C)N1CCN(c2ccc(NI)nc2)CC1. The Bertz CT molecular complexity index is 344. The summed E-state index contributed by atoms with van der Waals surface area (Å²) in [5.41, 5.74) is 1.23. The van der Waals surface area contributed by atoms with E-state index in [0.29, 0.717) is 6.04 Å². The first-order valence-electron chi connectivity index (χ1n) is 6.02. The van der Waals surface area contributed by atoms with E-state index in [0.717, 1.165) is 32.0 Å². The largest absolute Gasteiger partial charge is 0.368 e. The first-order chi connectivity index (χ1) is 8.20. The van der Waals surface area contributed by atoms with E-state index in [4.69, 9.17) is 0 Å². The summed E-state index contributed by atoms with van der Waals surface area (Å²) in [5, 5.41) is 0. The van der Waals surface area contributed by atoms with Crippen molar-refractivity contribution in [3.8, 4) is 0 Å². The molecule has 1 aromatic heterocycles. The maximum atomic E-state index is 4.35. The number of aromatic nitrogens is 1. The average molecular weight is 346 g/mol. The van der Waals surface area contributed by atoms with E-state index in [9.17, 15) is 0 Å². The van der Waals surface area contributed by atoms with Gasteiger partial charge in [-0.1, -0.05) is 0 Å². The van der Waals surface area contributed by atoms with Crippen LogP contribution in [0.3, 0.4) is 0 Å². The van der Waals surface area contributed by atoms with Crippen LogP contribution in [0, 0.1) is 0 Å². The fourth-order valence-electron chi connectivity index (χ4n) is 2.13. The smallest absolute Gasteiger partial charge is 0.134 e. The van der Waals surface area contributed by atoms with Crippen LogP contribution in [0.2, 0.25) is 0 Å². The molecule has 1 aliphatic heterocycles. The van der Waals surface area contributed by atoms with Crippen LogP contribution in [-0.2, 0) is 0 Å². The molecule has 0 aliphatic carbocycles. The molecule has 2 rings (SSSR count). The Kier molecular flexibility index (Phi) is 4.44. The summed E-state index contributed by atoms with van der Waals surface area (Å²) in [5.74, 6) is 0.912. The van der Waals surface area contributed by atoms with Crippen LogP contribution in [-0.4, -0.2) is 42.1 Å². The van der Waals surface area contributed by atoms with Crippen molar-refractivity contribution in [3.63, 3.8) is 0 Å². The highest BCUT2D eigenvalue weighted by Crippen LogP contribution is 2.18. The Balaban J connectivity index is 1.95. The van der Waals surface area contributed by atoms with E-state index < -0.39 is 0 Å². The summed E-state index contributed by atoms with van der Waals surface area (Å²) >= 11 is 2.10. The minimum absolute atomic E-state index is 0.654. The minimum atomic E-state index is 0.654. The predicted molar refractivity (Wildman–Crippen MR) is 80.8 cm³/mol. The van der Waals surface area contributed by atoms with Gasteiger partial charge in [-0.2, -0.15) is 0 Å². The molecule has 2 heterocycles. The number of halogens is 1. The van der Waals surface area contributed by atoms with Gasteiger partial charge in [0.15, 0.2) is 0 Å². The zero-order valence-corrected chi connectivity index (χ0v) is 12.5. The molecule has 1 aromatic rings. The molecule has 1 fully saturated rings. The van der Waals surface area contributed by atoms with Gasteiger partial charge in [0, 0.05) is 32.2 Å². The molecule has 0 bridgehead atoms. The monoisotopic (exact) mass is 346 g/mol. The Hall–Kier alpha value is -0.560. The van der Waals surface area contributed by atoms with Crippen LogP contribution in [0.25, 0.3) is 0 Å². The van der Waals surface area contributed by atoms with Gasteiger partial charge in [-0.25, -0.2) is 4.98 Å². The van der Waals surface area contributed by atoms with Crippen LogP contribution >= 0.6 is 22.9 Å². The normalized spacial score (nSPS) is 17.5. The van der Waals surface area contributed by atoms with Crippen LogP contribution in [0.5, 0.6) is 0 Å². The van der Waals surface area contributed by atoms with Gasteiger partial charge in [0.25, 0.3) is 0 Å². The molecule has 0 spiro atoms. The van der Waals surface area contributed by atoms with Crippen LogP contribution in [0.15, 0.2) is 18.3 Å². The van der Waals surface area contributed by atoms with Crippen molar-refractivity contribution < 1.29 is 0 Å². The second kappa shape index (κ2) is 5.86. The molecule has 0 saturated carbocycles. The number of anilines is 2. The molecular formula is C12H19IN4. The van der Waals surface area contributed by atoms with Gasteiger partial charge in [-0.3, -0.25) is 4.90 Å². The molecule has 1 saturated heterocycles. The first kappa shape index (κ1) is 12.9. The van der Waals surface area contributed by atoms with Crippen molar-refractivity contribution in [1.29, 1.82) is 0 Å². The number of nitrogens with one attached hydrogen (secondary N) is 1. The summed E-state index contributed by atoms with van der Waals surface area (Å²) in [6, 6.07) is 4.82. The highest BCUT2D eigenvalue weighted by Gasteiger charge is 2.18. The third kappa shape index (κ3) is 3.22. The van der Waals surface area contributed by atoms with E-state index in [1.54, 1.807) is 0 Å². The third-order valence-corrected chi connectivity index (χ3v) is 3.81. The Morgan fingerprint density at radius 1 is 1.24 bits per heavy atom. The highest BCUT2D eigenvalue weighted by molar-refractivity contribution is 14.1. The second-order valence-corrected chi connectivity index (χ2v) is 5.15. The lowest BCUT2D eigenvalue weighted by molar-refractivity contribution is 0.209. The van der Waals surface area contributed by atoms with E-state index in [-0.39, 0.29) is 0 Å². The van der Waals surface area contributed by atoms with Crippen molar-refractivity contribution >= 4 is 34.4 Å². The van der Waals surface area contributed by atoms with Gasteiger partial charge in [0.2, 0.25) is 0 Å². The molecule has 0 atom stereocenters. The Labute approximate surface area is 117 Å². The van der Waals surface area contributed by atoms with Gasteiger partial charge in [0.1, 0.15) is 5.82 Å². The van der Waals surface area contributed by atoms with Crippen LogP contribution < -0.4 is 8.43 Å². The van der Waals surface area contributed by atoms with Gasteiger partial charge < -0.3 is 8.43 Å². The molecule has 94 valence electrons. The standard InChI is InChI=1S/C12H19IN4/c1-10(2)16-5-7-17(8-6-16)11-3-4-12(15-13)14-9-11/h3-4,9-10H,5-8H2,1-2H3,(H,14,15). The molecule has 1 N–H and O–H groups in total. The van der Waals surface area contributed by atoms with E-state index in [1.165, 1.54) is 5.69 Å². The zero-order chi connectivity index (χ0) is 12.3. The van der Waals surface area contributed by atoms with Gasteiger partial charge in [0.05, 0.1) is 34.7 Å². The van der Waals surface area contributed by atoms with Crippen LogP contribution in [0.4, 0.5) is 11.5 Å². The van der Waals surface area contributed by atoms with Crippen LogP contribution in [0.1, 0.15) is 13.8 Å². The number of hydrogen-bond acceptors (Lipinski definition) is 4. The van der Waals surface area contributed by atoms with Gasteiger partial charge >= 0.3 is 0 Å². The lowest BCUT2D eigenvalue weighted by Crippen LogP contribution is -2.48. The lowest BCUT2D eigenvalue weighted by atomic mass is 10.2. The lowest BCUT2D eigenvalue weighted by Gasteiger charge is -2.37. The number of pyridine rings is 1. The van der Waals surface area contributed by atoms with E-state index >= 15 is 0 Å². The van der Waals surface area contributed by atoms with Crippen molar-refractivity contribution in [1.82, 2.24) is 9.88 Å². The number of nitrogens with zero attached hydrogens (tertiary/aromatic N) is 3. The maximum absolute atomic E-state index is 4.35. The summed E-state index contributed by atoms with van der Waals surface area (Å²) in [6.45, 7) is 9.00. The predicted octanol–water partition coefficient (Wildman–Crippen LogP) is 2.37. The fraction of sp³-hybridized carbons (Fsp3) is 0.583. The summed E-state index contributed by atoms with van der Waals surface area (Å²) in [4.78, 5) is 9.28. The Morgan fingerprint density at radius 2 is 1.94 bits per heavy atom. The maximum Gasteiger partial charge on any atom is 0.134 e. The zero-order valence-electron chi connectivity index (χ0n) is 10.4. The average Bonchev–Trinajstić information content (AvgIpc) is 2.39. The molecule has 1 aliphatic rings. The van der Waals surface area contributed by atoms with Gasteiger partial charge in [-0.15, -0.1) is 0 Å². The van der Waals surface area contributed by atoms with Crippen molar-refractivity contribution in [2.75, 3.05) is 34.6 Å². The molecule has 0 radical (unpaired) electrons. The topological polar surface area (TPSA) is 31.4 Å². The van der Waals surface area contributed by atoms with E-state index in [1.807, 2.05) is 12.3 Å². The molecule has 0 unspecified atom stereocenters. The van der Waals surface area contributed by atoms with E-state index in [2.05, 4.69) is 61.1 Å². The highest BCUT2D eigenvalue weighted by atomic mass is 127. The summed E-state index contributed by atoms with van der Waals surface area (Å²) in [7, 11) is 0. The minimum Gasteiger partial charge on any atom is -0.368 e. The number of rotatable bonds is 3. The third-order valence-electron chi connectivity index (χ3n) is 3.25.